The van der Waals surface area contributed by atoms with E-state index in [0.717, 1.165) is 12.1 Å². The highest BCUT2D eigenvalue weighted by Gasteiger charge is 2.28. The molecule has 1 unspecified atom stereocenters. The van der Waals surface area contributed by atoms with Gasteiger partial charge in [-0.2, -0.15) is 0 Å². The molecule has 1 aliphatic heterocycles. The molecule has 86 valence electrons. The summed E-state index contributed by atoms with van der Waals surface area (Å²) in [7, 11) is 0. The Bertz CT molecular complexity index is 253. The summed E-state index contributed by atoms with van der Waals surface area (Å²) in [6.07, 6.45) is 1.23. The lowest BCUT2D eigenvalue weighted by molar-refractivity contribution is 0.101. The molecule has 0 radical (unpaired) electrons. The third-order valence-corrected chi connectivity index (χ3v) is 2.70. The second-order valence-electron chi connectivity index (χ2n) is 3.59. The molecule has 1 heterocycles. The molecule has 5 nitrogen and oxygen atoms in total. The molecule has 1 atom stereocenters. The average Bonchev–Trinajstić information content (AvgIpc) is 2.28. The van der Waals surface area contributed by atoms with Gasteiger partial charge in [0.1, 0.15) is 0 Å². The first-order valence-electron chi connectivity index (χ1n) is 5.35. The number of carbonyl (C=O) groups excluding carboxylic acids is 1. The van der Waals surface area contributed by atoms with E-state index in [-0.39, 0.29) is 12.0 Å². The Balaban J connectivity index is 2.56. The van der Waals surface area contributed by atoms with E-state index in [9.17, 15) is 4.79 Å². The normalized spacial score (nSPS) is 24.3. The minimum Gasteiger partial charge on any atom is -0.450 e. The van der Waals surface area contributed by atoms with Gasteiger partial charge in [-0.3, -0.25) is 0 Å². The summed E-state index contributed by atoms with van der Waals surface area (Å²) in [5, 5.41) is 12.1. The molecular formula is C10H18N2O3. The topological polar surface area (TPSA) is 62.1 Å². The Morgan fingerprint density at radius 3 is 2.93 bits per heavy atom. The van der Waals surface area contributed by atoms with Gasteiger partial charge in [-0.15, -0.1) is 0 Å². The van der Waals surface area contributed by atoms with Crippen LogP contribution >= 0.6 is 0 Å². The number of oxime groups is 1. The predicted molar refractivity (Wildman–Crippen MR) is 56.2 cm³/mol. The monoisotopic (exact) mass is 214 g/mol. The van der Waals surface area contributed by atoms with E-state index in [2.05, 4.69) is 5.16 Å². The second kappa shape index (κ2) is 5.58. The SMILES string of the molecule is CCOC(=O)N1CCC(=NO)C(CC)C1. The summed E-state index contributed by atoms with van der Waals surface area (Å²) in [4.78, 5) is 13.1. The Morgan fingerprint density at radius 1 is 1.67 bits per heavy atom. The standard InChI is InChI=1S/C10H18N2O3/c1-3-8-7-12(10(13)15-4-2)6-5-9(8)11-14/h8,14H,3-7H2,1-2H3. The Labute approximate surface area is 89.7 Å². The third kappa shape index (κ3) is 2.84. The highest BCUT2D eigenvalue weighted by Crippen LogP contribution is 2.17. The van der Waals surface area contributed by atoms with Crippen LogP contribution in [0.25, 0.3) is 0 Å². The molecule has 15 heavy (non-hydrogen) atoms. The quantitative estimate of drug-likeness (QED) is 0.562. The summed E-state index contributed by atoms with van der Waals surface area (Å²) in [6, 6.07) is 0. The molecular weight excluding hydrogens is 196 g/mol. The van der Waals surface area contributed by atoms with Crippen molar-refractivity contribution in [3.63, 3.8) is 0 Å². The molecule has 1 rings (SSSR count). The van der Waals surface area contributed by atoms with Gasteiger partial charge in [0.2, 0.25) is 0 Å². The van der Waals surface area contributed by atoms with E-state index in [1.54, 1.807) is 11.8 Å². The minimum absolute atomic E-state index is 0.160. The number of carbonyl (C=O) groups is 1. The van der Waals surface area contributed by atoms with Gasteiger partial charge < -0.3 is 14.8 Å². The fourth-order valence-corrected chi connectivity index (χ4v) is 1.79. The third-order valence-electron chi connectivity index (χ3n) is 2.70. The van der Waals surface area contributed by atoms with Crippen molar-refractivity contribution in [3.05, 3.63) is 0 Å². The molecule has 1 fully saturated rings. The van der Waals surface area contributed by atoms with Crippen LogP contribution in [-0.2, 0) is 4.74 Å². The number of amides is 1. The maximum Gasteiger partial charge on any atom is 0.409 e. The zero-order valence-corrected chi connectivity index (χ0v) is 9.27. The van der Waals surface area contributed by atoms with Crippen LogP contribution in [0.4, 0.5) is 4.79 Å². The number of likely N-dealkylation sites (tertiary alicyclic amines) is 1. The molecule has 0 aliphatic carbocycles. The first kappa shape index (κ1) is 11.8. The van der Waals surface area contributed by atoms with E-state index < -0.39 is 0 Å². The van der Waals surface area contributed by atoms with Crippen LogP contribution in [0.5, 0.6) is 0 Å². The van der Waals surface area contributed by atoms with Crippen molar-refractivity contribution >= 4 is 11.8 Å². The van der Waals surface area contributed by atoms with Crippen molar-refractivity contribution < 1.29 is 14.7 Å². The van der Waals surface area contributed by atoms with Crippen molar-refractivity contribution in [1.29, 1.82) is 0 Å². The summed E-state index contributed by atoms with van der Waals surface area (Å²) < 4.78 is 4.93. The smallest absolute Gasteiger partial charge is 0.409 e. The van der Waals surface area contributed by atoms with Crippen LogP contribution in [-0.4, -0.2) is 41.6 Å². The molecule has 0 saturated carbocycles. The van der Waals surface area contributed by atoms with Crippen LogP contribution in [0.15, 0.2) is 5.16 Å². The highest BCUT2D eigenvalue weighted by atomic mass is 16.6. The Hall–Kier alpha value is -1.26. The van der Waals surface area contributed by atoms with Crippen LogP contribution in [0.2, 0.25) is 0 Å². The van der Waals surface area contributed by atoms with Gasteiger partial charge in [0.05, 0.1) is 12.3 Å². The van der Waals surface area contributed by atoms with Gasteiger partial charge in [-0.25, -0.2) is 4.79 Å². The summed E-state index contributed by atoms with van der Waals surface area (Å²) in [5.74, 6) is 0.160. The van der Waals surface area contributed by atoms with Crippen LogP contribution in [0, 0.1) is 5.92 Å². The summed E-state index contributed by atoms with van der Waals surface area (Å²) in [6.45, 7) is 5.38. The van der Waals surface area contributed by atoms with E-state index in [0.29, 0.717) is 26.1 Å². The first-order valence-corrected chi connectivity index (χ1v) is 5.35. The van der Waals surface area contributed by atoms with Crippen LogP contribution in [0.1, 0.15) is 26.7 Å². The number of ether oxygens (including phenoxy) is 1. The zero-order valence-electron chi connectivity index (χ0n) is 9.27. The van der Waals surface area contributed by atoms with E-state index in [4.69, 9.17) is 9.94 Å². The Kier molecular flexibility index (Phi) is 4.39. The van der Waals surface area contributed by atoms with Gasteiger partial charge in [-0.05, 0) is 13.3 Å². The van der Waals surface area contributed by atoms with Crippen LogP contribution in [0.3, 0.4) is 0 Å². The fraction of sp³-hybridized carbons (Fsp3) is 0.800. The molecule has 0 aromatic carbocycles. The Morgan fingerprint density at radius 2 is 2.40 bits per heavy atom. The molecule has 0 aromatic heterocycles. The second-order valence-corrected chi connectivity index (χ2v) is 3.59. The van der Waals surface area contributed by atoms with E-state index >= 15 is 0 Å². The molecule has 5 heteroatoms. The number of hydrogen-bond donors (Lipinski definition) is 1. The number of hydrogen-bond acceptors (Lipinski definition) is 4. The largest absolute Gasteiger partial charge is 0.450 e. The molecule has 1 aliphatic rings. The van der Waals surface area contributed by atoms with Crippen molar-refractivity contribution in [2.24, 2.45) is 11.1 Å². The number of piperidine rings is 1. The van der Waals surface area contributed by atoms with Crippen molar-refractivity contribution in [2.75, 3.05) is 19.7 Å². The lowest BCUT2D eigenvalue weighted by Crippen LogP contribution is -2.44. The van der Waals surface area contributed by atoms with Gasteiger partial charge in [0.25, 0.3) is 0 Å². The summed E-state index contributed by atoms with van der Waals surface area (Å²) >= 11 is 0. The number of nitrogens with zero attached hydrogens (tertiary/aromatic N) is 2. The maximum atomic E-state index is 11.5. The first-order chi connectivity index (χ1) is 7.22. The molecule has 0 spiro atoms. The van der Waals surface area contributed by atoms with Gasteiger partial charge in [-0.1, -0.05) is 12.1 Å². The molecule has 1 amide bonds. The minimum atomic E-state index is -0.270. The predicted octanol–water partition coefficient (Wildman–Crippen LogP) is 1.71. The maximum absolute atomic E-state index is 11.5. The van der Waals surface area contributed by atoms with Gasteiger partial charge >= 0.3 is 6.09 Å². The van der Waals surface area contributed by atoms with Crippen molar-refractivity contribution in [1.82, 2.24) is 4.90 Å². The van der Waals surface area contributed by atoms with Gasteiger partial charge in [0, 0.05) is 25.4 Å². The summed E-state index contributed by atoms with van der Waals surface area (Å²) in [5.41, 5.74) is 0.790. The molecule has 1 N–H and O–H groups in total. The van der Waals surface area contributed by atoms with E-state index in [1.165, 1.54) is 0 Å². The van der Waals surface area contributed by atoms with Crippen molar-refractivity contribution in [2.45, 2.75) is 26.7 Å². The van der Waals surface area contributed by atoms with Crippen molar-refractivity contribution in [3.8, 4) is 0 Å². The average molecular weight is 214 g/mol. The highest BCUT2D eigenvalue weighted by molar-refractivity contribution is 5.88. The lowest BCUT2D eigenvalue weighted by Gasteiger charge is -2.31. The number of rotatable bonds is 2. The molecule has 1 saturated heterocycles. The molecule has 0 aromatic rings. The van der Waals surface area contributed by atoms with Crippen LogP contribution < -0.4 is 0 Å². The molecule has 0 bridgehead atoms. The fourth-order valence-electron chi connectivity index (χ4n) is 1.79. The van der Waals surface area contributed by atoms with Gasteiger partial charge in [0.15, 0.2) is 0 Å². The van der Waals surface area contributed by atoms with E-state index in [1.807, 2.05) is 6.92 Å². The lowest BCUT2D eigenvalue weighted by atomic mass is 9.93. The zero-order chi connectivity index (χ0) is 11.3.